The summed E-state index contributed by atoms with van der Waals surface area (Å²) in [5.41, 5.74) is 8.14. The van der Waals surface area contributed by atoms with Gasteiger partial charge in [-0.2, -0.15) is 0 Å². The van der Waals surface area contributed by atoms with Crippen molar-refractivity contribution < 1.29 is 14.3 Å². The van der Waals surface area contributed by atoms with Gasteiger partial charge in [-0.25, -0.2) is 0 Å². The molecule has 0 radical (unpaired) electrons. The summed E-state index contributed by atoms with van der Waals surface area (Å²) in [5, 5.41) is 0. The van der Waals surface area contributed by atoms with Gasteiger partial charge in [0.25, 0.3) is 5.91 Å². The van der Waals surface area contributed by atoms with Crippen LogP contribution in [0.1, 0.15) is 48.5 Å². The van der Waals surface area contributed by atoms with E-state index in [1.165, 1.54) is 5.56 Å². The summed E-state index contributed by atoms with van der Waals surface area (Å²) in [6.45, 7) is 6.50. The maximum absolute atomic E-state index is 13.1. The maximum Gasteiger partial charge on any atom is 0.254 e. The van der Waals surface area contributed by atoms with Gasteiger partial charge >= 0.3 is 0 Å². The van der Waals surface area contributed by atoms with Gasteiger partial charge in [0, 0.05) is 30.6 Å². The third kappa shape index (κ3) is 4.65. The monoisotopic (exact) mass is 382 g/mol. The van der Waals surface area contributed by atoms with E-state index in [4.69, 9.17) is 15.2 Å². The second kappa shape index (κ2) is 9.60. The highest BCUT2D eigenvalue weighted by molar-refractivity contribution is 5.95. The Kier molecular flexibility index (Phi) is 6.93. The molecule has 2 aromatic carbocycles. The van der Waals surface area contributed by atoms with Crippen molar-refractivity contribution in [2.24, 2.45) is 5.73 Å². The molecule has 28 heavy (non-hydrogen) atoms. The molecule has 0 unspecified atom stereocenters. The minimum absolute atomic E-state index is 0.0164. The van der Waals surface area contributed by atoms with Crippen molar-refractivity contribution in [1.29, 1.82) is 0 Å². The number of likely N-dealkylation sites (tertiary alicyclic amines) is 1. The second-order valence-electron chi connectivity index (χ2n) is 7.25. The summed E-state index contributed by atoms with van der Waals surface area (Å²) in [7, 11) is 0. The van der Waals surface area contributed by atoms with Gasteiger partial charge in [0.15, 0.2) is 11.5 Å². The third-order valence-electron chi connectivity index (χ3n) is 4.99. The van der Waals surface area contributed by atoms with E-state index in [-0.39, 0.29) is 17.9 Å². The molecule has 1 aliphatic rings. The molecule has 2 N–H and O–H groups in total. The summed E-state index contributed by atoms with van der Waals surface area (Å²) in [6.07, 6.45) is 1.81. The predicted molar refractivity (Wildman–Crippen MR) is 111 cm³/mol. The van der Waals surface area contributed by atoms with Crippen LogP contribution in [0, 0.1) is 0 Å². The van der Waals surface area contributed by atoms with Gasteiger partial charge in [0.1, 0.15) is 0 Å². The number of nitrogens with two attached hydrogens (primary N) is 1. The van der Waals surface area contributed by atoms with E-state index in [9.17, 15) is 4.79 Å². The third-order valence-corrected chi connectivity index (χ3v) is 4.99. The first-order valence-corrected chi connectivity index (χ1v) is 10.1. The molecule has 2 aromatic rings. The molecule has 1 fully saturated rings. The van der Waals surface area contributed by atoms with Crippen LogP contribution in [0.15, 0.2) is 48.5 Å². The zero-order valence-electron chi connectivity index (χ0n) is 16.8. The van der Waals surface area contributed by atoms with Crippen molar-refractivity contribution in [3.8, 4) is 11.5 Å². The fourth-order valence-corrected chi connectivity index (χ4v) is 3.53. The molecule has 2 atom stereocenters. The molecule has 1 saturated heterocycles. The van der Waals surface area contributed by atoms with Crippen LogP contribution in [0.2, 0.25) is 0 Å². The van der Waals surface area contributed by atoms with Crippen LogP contribution < -0.4 is 15.2 Å². The summed E-state index contributed by atoms with van der Waals surface area (Å²) >= 11 is 0. The van der Waals surface area contributed by atoms with Crippen LogP contribution in [0.5, 0.6) is 11.5 Å². The van der Waals surface area contributed by atoms with Gasteiger partial charge in [-0.3, -0.25) is 4.79 Å². The van der Waals surface area contributed by atoms with E-state index in [0.717, 1.165) is 12.8 Å². The van der Waals surface area contributed by atoms with E-state index < -0.39 is 0 Å². The first-order chi connectivity index (χ1) is 13.6. The van der Waals surface area contributed by atoms with Gasteiger partial charge in [0.2, 0.25) is 0 Å². The molecular formula is C23H30N2O3. The summed E-state index contributed by atoms with van der Waals surface area (Å²) < 4.78 is 11.6. The summed E-state index contributed by atoms with van der Waals surface area (Å²) in [4.78, 5) is 14.9. The lowest BCUT2D eigenvalue weighted by Gasteiger charge is -2.18. The van der Waals surface area contributed by atoms with Crippen LogP contribution in [-0.4, -0.2) is 43.2 Å². The predicted octanol–water partition coefficient (Wildman–Crippen LogP) is 3.83. The molecule has 0 aliphatic carbocycles. The Bertz CT molecular complexity index is 779. The van der Waals surface area contributed by atoms with Crippen molar-refractivity contribution in [2.75, 3.05) is 26.3 Å². The maximum atomic E-state index is 13.1. The minimum Gasteiger partial charge on any atom is -0.490 e. The molecule has 5 nitrogen and oxygen atoms in total. The molecule has 150 valence electrons. The highest BCUT2D eigenvalue weighted by atomic mass is 16.5. The molecule has 3 rings (SSSR count). The van der Waals surface area contributed by atoms with Gasteiger partial charge in [-0.1, -0.05) is 44.2 Å². The first kappa shape index (κ1) is 20.2. The average molecular weight is 383 g/mol. The van der Waals surface area contributed by atoms with Crippen molar-refractivity contribution >= 4 is 5.91 Å². The number of carbonyl (C=O) groups is 1. The van der Waals surface area contributed by atoms with Crippen molar-refractivity contribution in [3.05, 3.63) is 59.7 Å². The van der Waals surface area contributed by atoms with E-state index in [2.05, 4.69) is 26.0 Å². The van der Waals surface area contributed by atoms with Crippen LogP contribution in [0.3, 0.4) is 0 Å². The average Bonchev–Trinajstić information content (AvgIpc) is 3.12. The van der Waals surface area contributed by atoms with Crippen LogP contribution in [-0.2, 0) is 0 Å². The van der Waals surface area contributed by atoms with Crippen LogP contribution in [0.25, 0.3) is 0 Å². The molecule has 1 amide bonds. The standard InChI is InChI=1S/C23H30N2O3/c1-3-12-27-21-11-10-18(14-22(21)28-13-4-2)23(26)25-15-19(20(24)16-25)17-8-6-5-7-9-17/h5-11,14,19-20H,3-4,12-13,15-16,24H2,1-2H3/t19-,20+/m0/s1. The van der Waals surface area contributed by atoms with Crippen molar-refractivity contribution in [2.45, 2.75) is 38.6 Å². The van der Waals surface area contributed by atoms with E-state index in [0.29, 0.717) is 43.4 Å². The quantitative estimate of drug-likeness (QED) is 0.754. The Morgan fingerprint density at radius 2 is 1.68 bits per heavy atom. The Morgan fingerprint density at radius 3 is 2.36 bits per heavy atom. The highest BCUT2D eigenvalue weighted by Gasteiger charge is 2.34. The Labute approximate surface area is 167 Å². The van der Waals surface area contributed by atoms with Crippen molar-refractivity contribution in [1.82, 2.24) is 4.90 Å². The molecule has 1 aliphatic heterocycles. The van der Waals surface area contributed by atoms with Crippen molar-refractivity contribution in [3.63, 3.8) is 0 Å². The second-order valence-corrected chi connectivity index (χ2v) is 7.25. The topological polar surface area (TPSA) is 64.8 Å². The Hall–Kier alpha value is -2.53. The molecule has 0 bridgehead atoms. The molecular weight excluding hydrogens is 352 g/mol. The van der Waals surface area contributed by atoms with Crippen LogP contribution in [0.4, 0.5) is 0 Å². The lowest BCUT2D eigenvalue weighted by atomic mass is 9.95. The summed E-state index contributed by atoms with van der Waals surface area (Å²) in [6, 6.07) is 15.6. The van der Waals surface area contributed by atoms with Gasteiger partial charge in [0.05, 0.1) is 13.2 Å². The fraction of sp³-hybridized carbons (Fsp3) is 0.435. The largest absolute Gasteiger partial charge is 0.490 e. The highest BCUT2D eigenvalue weighted by Crippen LogP contribution is 2.31. The van der Waals surface area contributed by atoms with E-state index >= 15 is 0 Å². The number of ether oxygens (including phenoxy) is 2. The molecule has 0 aromatic heterocycles. The lowest BCUT2D eigenvalue weighted by molar-refractivity contribution is 0.0788. The normalized spacial score (nSPS) is 18.9. The number of rotatable bonds is 8. The fourth-order valence-electron chi connectivity index (χ4n) is 3.53. The van der Waals surface area contributed by atoms with E-state index in [1.807, 2.05) is 35.2 Å². The number of hydrogen-bond acceptors (Lipinski definition) is 4. The number of nitrogens with zero attached hydrogens (tertiary/aromatic N) is 1. The van der Waals surface area contributed by atoms with Gasteiger partial charge in [-0.05, 0) is 36.6 Å². The number of amides is 1. The van der Waals surface area contributed by atoms with Crippen LogP contribution >= 0.6 is 0 Å². The van der Waals surface area contributed by atoms with Gasteiger partial charge < -0.3 is 20.1 Å². The molecule has 1 heterocycles. The molecule has 5 heteroatoms. The number of hydrogen-bond donors (Lipinski definition) is 1. The first-order valence-electron chi connectivity index (χ1n) is 10.1. The minimum atomic E-state index is -0.0608. The zero-order valence-corrected chi connectivity index (χ0v) is 16.8. The van der Waals surface area contributed by atoms with Gasteiger partial charge in [-0.15, -0.1) is 0 Å². The SMILES string of the molecule is CCCOc1ccc(C(=O)N2C[C@@H](N)[C@H](c3ccccc3)C2)cc1OCCC. The zero-order chi connectivity index (χ0) is 19.9. The molecule has 0 saturated carbocycles. The number of carbonyl (C=O) groups excluding carboxylic acids is 1. The lowest BCUT2D eigenvalue weighted by Crippen LogP contribution is -2.32. The Morgan fingerprint density at radius 1 is 1.00 bits per heavy atom. The Balaban J connectivity index is 1.76. The molecule has 0 spiro atoms. The smallest absolute Gasteiger partial charge is 0.254 e. The van der Waals surface area contributed by atoms with E-state index in [1.54, 1.807) is 6.07 Å². The number of benzene rings is 2. The summed E-state index contributed by atoms with van der Waals surface area (Å²) in [5.74, 6) is 1.46.